The van der Waals surface area contributed by atoms with Gasteiger partial charge in [0.2, 0.25) is 17.7 Å². The van der Waals surface area contributed by atoms with E-state index < -0.39 is 29.6 Å². The van der Waals surface area contributed by atoms with Crippen molar-refractivity contribution < 1.29 is 40.7 Å². The second kappa shape index (κ2) is 12.1. The van der Waals surface area contributed by atoms with E-state index in [4.69, 9.17) is 4.42 Å². The first-order valence-corrected chi connectivity index (χ1v) is 14.2. The molecule has 230 valence electrons. The van der Waals surface area contributed by atoms with Gasteiger partial charge in [-0.25, -0.2) is 4.79 Å². The molecule has 1 aliphatic rings. The van der Waals surface area contributed by atoms with Crippen LogP contribution in [0.15, 0.2) is 77.2 Å². The summed E-state index contributed by atoms with van der Waals surface area (Å²) in [7, 11) is 0. The van der Waals surface area contributed by atoms with Crippen LogP contribution < -0.4 is 20.3 Å². The van der Waals surface area contributed by atoms with Gasteiger partial charge in [0.15, 0.2) is 5.50 Å². The number of thioether (sulfide) groups is 1. The van der Waals surface area contributed by atoms with Crippen molar-refractivity contribution in [2.75, 3.05) is 16.0 Å². The van der Waals surface area contributed by atoms with Crippen LogP contribution in [0.25, 0.3) is 22.9 Å². The Morgan fingerprint density at radius 3 is 2.14 bits per heavy atom. The maximum atomic E-state index is 13.1. The van der Waals surface area contributed by atoms with E-state index in [-0.39, 0.29) is 34.9 Å². The van der Waals surface area contributed by atoms with Crippen LogP contribution in [0.5, 0.6) is 5.75 Å². The molecule has 44 heavy (non-hydrogen) atoms. The summed E-state index contributed by atoms with van der Waals surface area (Å²) in [6.07, 6.45) is -11.2. The zero-order valence-electron chi connectivity index (χ0n) is 23.1. The highest BCUT2D eigenvalue weighted by Crippen LogP contribution is 2.38. The number of urea groups is 1. The first-order chi connectivity index (χ1) is 20.8. The molecule has 1 aliphatic heterocycles. The predicted octanol–water partition coefficient (Wildman–Crippen LogP) is 7.25. The molecule has 0 bridgehead atoms. The van der Waals surface area contributed by atoms with Crippen LogP contribution in [0.3, 0.4) is 0 Å². The molecule has 1 fully saturated rings. The molecule has 0 spiro atoms. The van der Waals surface area contributed by atoms with Crippen LogP contribution in [-0.2, 0) is 4.79 Å². The molecule has 1 saturated heterocycles. The lowest BCUT2D eigenvalue weighted by Crippen LogP contribution is -2.46. The zero-order valence-corrected chi connectivity index (χ0v) is 23.9. The molecule has 0 saturated carbocycles. The first kappa shape index (κ1) is 30.8. The van der Waals surface area contributed by atoms with Crippen molar-refractivity contribution in [1.82, 2.24) is 15.5 Å². The fourth-order valence-corrected chi connectivity index (χ4v) is 5.30. The van der Waals surface area contributed by atoms with E-state index in [0.717, 1.165) is 23.4 Å². The Morgan fingerprint density at radius 1 is 0.955 bits per heavy atom. The fraction of sp³-hybridized carbons (Fsp3) is 0.241. The van der Waals surface area contributed by atoms with Crippen LogP contribution in [0.1, 0.15) is 25.3 Å². The number of alkyl halides is 5. The number of hydrogen-bond donors (Lipinski definition) is 2. The minimum absolute atomic E-state index is 0.0112. The number of aromatic nitrogens is 2. The van der Waals surface area contributed by atoms with Crippen molar-refractivity contribution in [1.29, 1.82) is 0 Å². The topological polar surface area (TPSA) is 110 Å². The normalized spacial score (nSPS) is 15.5. The number of ether oxygens (including phenoxy) is 1. The number of nitrogens with zero attached hydrogens (tertiary/aromatic N) is 3. The average Bonchev–Trinajstić information content (AvgIpc) is 3.60. The van der Waals surface area contributed by atoms with Crippen molar-refractivity contribution in [2.24, 2.45) is 0 Å². The van der Waals surface area contributed by atoms with Crippen molar-refractivity contribution in [3.63, 3.8) is 0 Å². The number of anilines is 2. The van der Waals surface area contributed by atoms with Crippen molar-refractivity contribution >= 4 is 35.1 Å². The molecule has 4 aromatic rings. The van der Waals surface area contributed by atoms with Crippen LogP contribution in [0.4, 0.5) is 38.1 Å². The van der Waals surface area contributed by atoms with Crippen molar-refractivity contribution in [3.05, 3.63) is 78.4 Å². The summed E-state index contributed by atoms with van der Waals surface area (Å²) >= 11 is 1.31. The number of para-hydroxylation sites is 1. The third-order valence-corrected chi connectivity index (χ3v) is 7.49. The largest absolute Gasteiger partial charge is 0.499 e. The molecule has 1 atom stereocenters. The molecule has 3 amide bonds. The number of halogens is 5. The van der Waals surface area contributed by atoms with E-state index in [1.54, 1.807) is 29.2 Å². The summed E-state index contributed by atoms with van der Waals surface area (Å²) in [5.41, 5.74) is 2.34. The van der Waals surface area contributed by atoms with E-state index in [1.165, 1.54) is 23.9 Å². The van der Waals surface area contributed by atoms with Gasteiger partial charge in [0, 0.05) is 16.8 Å². The first-order valence-electron chi connectivity index (χ1n) is 13.1. The molecule has 5 rings (SSSR count). The Balaban J connectivity index is 1.21. The van der Waals surface area contributed by atoms with Gasteiger partial charge in [-0.15, -0.1) is 22.0 Å². The van der Waals surface area contributed by atoms with Gasteiger partial charge in [-0.2, -0.15) is 22.0 Å². The summed E-state index contributed by atoms with van der Waals surface area (Å²) in [4.78, 5) is 27.1. The SMILES string of the molecule is CC(C)c1ccccc1N1C(=O)CSC1NC(=O)Nc1ccc(-c2nnc(-c3ccc(OC(F)(F)C(F)(F)F)cc3)o2)cc1. The van der Waals surface area contributed by atoms with Gasteiger partial charge >= 0.3 is 18.3 Å². The minimum atomic E-state index is -5.86. The number of rotatable bonds is 8. The lowest BCUT2D eigenvalue weighted by molar-refractivity contribution is -0.360. The molecule has 1 aromatic heterocycles. The quantitative estimate of drug-likeness (QED) is 0.197. The molecule has 2 N–H and O–H groups in total. The number of hydrogen-bond acceptors (Lipinski definition) is 7. The molecule has 15 heteroatoms. The average molecular weight is 634 g/mol. The smallest absolute Gasteiger partial charge is 0.426 e. The lowest BCUT2D eigenvalue weighted by Gasteiger charge is -2.27. The Labute approximate surface area is 251 Å². The number of amides is 3. The maximum Gasteiger partial charge on any atom is 0.499 e. The Kier molecular flexibility index (Phi) is 8.50. The third kappa shape index (κ3) is 6.61. The van der Waals surface area contributed by atoms with Gasteiger partial charge in [0.05, 0.1) is 11.4 Å². The van der Waals surface area contributed by atoms with Gasteiger partial charge in [-0.3, -0.25) is 9.69 Å². The van der Waals surface area contributed by atoms with Gasteiger partial charge in [0.1, 0.15) is 5.75 Å². The molecular formula is C29H24F5N5O4S. The van der Waals surface area contributed by atoms with E-state index in [9.17, 15) is 31.5 Å². The standard InChI is InChI=1S/C29H24F5N5O4S/c1-16(2)21-5-3-4-6-22(21)39-23(40)15-44-27(39)36-26(41)35-19-11-7-17(8-12-19)24-37-38-25(42-24)18-9-13-20(14-10-18)43-29(33,34)28(30,31)32/h3-14,16,27H,15H2,1-2H3,(H2,35,36,41). The second-order valence-electron chi connectivity index (χ2n) is 9.87. The lowest BCUT2D eigenvalue weighted by atomic mass is 10.0. The molecule has 3 aromatic carbocycles. The zero-order chi connectivity index (χ0) is 31.6. The summed E-state index contributed by atoms with van der Waals surface area (Å²) in [5, 5.41) is 13.4. The van der Waals surface area contributed by atoms with Gasteiger partial charge < -0.3 is 19.8 Å². The molecule has 0 radical (unpaired) electrons. The third-order valence-electron chi connectivity index (χ3n) is 6.43. The van der Waals surface area contributed by atoms with E-state index >= 15 is 0 Å². The number of benzene rings is 3. The number of nitrogens with one attached hydrogen (secondary N) is 2. The molecular weight excluding hydrogens is 609 g/mol. The number of carbonyl (C=O) groups excluding carboxylic acids is 2. The Bertz CT molecular complexity index is 1650. The van der Waals surface area contributed by atoms with Crippen LogP contribution in [0, 0.1) is 0 Å². The van der Waals surface area contributed by atoms with Crippen LogP contribution in [0.2, 0.25) is 0 Å². The van der Waals surface area contributed by atoms with Crippen molar-refractivity contribution in [3.8, 4) is 28.7 Å². The molecule has 2 heterocycles. The minimum Gasteiger partial charge on any atom is -0.426 e. The van der Waals surface area contributed by atoms with Gasteiger partial charge in [0.25, 0.3) is 0 Å². The van der Waals surface area contributed by atoms with E-state index in [2.05, 4.69) is 25.6 Å². The van der Waals surface area contributed by atoms with Gasteiger partial charge in [-0.05, 0) is 66.1 Å². The van der Waals surface area contributed by atoms with Crippen LogP contribution in [-0.4, -0.2) is 45.7 Å². The monoisotopic (exact) mass is 633 g/mol. The van der Waals surface area contributed by atoms with E-state index in [0.29, 0.717) is 11.3 Å². The molecule has 9 nitrogen and oxygen atoms in total. The molecule has 0 aliphatic carbocycles. The maximum absolute atomic E-state index is 13.1. The van der Waals surface area contributed by atoms with Crippen molar-refractivity contribution in [2.45, 2.75) is 37.5 Å². The highest BCUT2D eigenvalue weighted by Gasteiger charge is 2.61. The predicted molar refractivity (Wildman–Crippen MR) is 153 cm³/mol. The summed E-state index contributed by atoms with van der Waals surface area (Å²) in [5.74, 6) is -0.319. The molecule has 1 unspecified atom stereocenters. The second-order valence-corrected chi connectivity index (χ2v) is 10.9. The Morgan fingerprint density at radius 2 is 1.55 bits per heavy atom. The highest BCUT2D eigenvalue weighted by molar-refractivity contribution is 8.01. The summed E-state index contributed by atoms with van der Waals surface area (Å²) in [6.45, 7) is 4.06. The Hall–Kier alpha value is -4.66. The van der Waals surface area contributed by atoms with E-state index in [1.807, 2.05) is 38.1 Å². The fourth-order valence-electron chi connectivity index (χ4n) is 4.29. The summed E-state index contributed by atoms with van der Waals surface area (Å²) in [6, 6.07) is 17.7. The van der Waals surface area contributed by atoms with Gasteiger partial charge in [-0.1, -0.05) is 32.0 Å². The highest BCUT2D eigenvalue weighted by atomic mass is 32.2. The summed E-state index contributed by atoms with van der Waals surface area (Å²) < 4.78 is 72.7. The van der Waals surface area contributed by atoms with Crippen LogP contribution >= 0.6 is 11.8 Å². The number of carbonyl (C=O) groups is 2.